The minimum Gasteiger partial charge on any atom is -0.504 e. The molecule has 8 atom stereocenters. The Balaban J connectivity index is 1.70. The smallest absolute Gasteiger partial charge is 0.337 e. The van der Waals surface area contributed by atoms with Crippen molar-refractivity contribution in [3.05, 3.63) is 48.3 Å². The summed E-state index contributed by atoms with van der Waals surface area (Å²) in [7, 11) is 1.16. The Kier molecular flexibility index (Phi) is 10.1. The Morgan fingerprint density at radius 3 is 2.45 bits per heavy atom. The van der Waals surface area contributed by atoms with Crippen LogP contribution < -0.4 is 0 Å². The summed E-state index contributed by atoms with van der Waals surface area (Å²) >= 11 is 0. The van der Waals surface area contributed by atoms with Crippen molar-refractivity contribution in [2.75, 3.05) is 20.3 Å². The molecule has 0 spiro atoms. The Labute approximate surface area is 218 Å². The van der Waals surface area contributed by atoms with Crippen LogP contribution in [0.15, 0.2) is 42.7 Å². The fraction of sp³-hybridized carbons (Fsp3) is 0.520. The maximum absolute atomic E-state index is 12.7. The zero-order chi connectivity index (χ0) is 28.0. The summed E-state index contributed by atoms with van der Waals surface area (Å²) in [6.45, 7) is 3.02. The van der Waals surface area contributed by atoms with Crippen LogP contribution in [0.5, 0.6) is 11.5 Å². The number of esters is 2. The van der Waals surface area contributed by atoms with Gasteiger partial charge in [-0.25, -0.2) is 4.79 Å². The first-order valence-corrected chi connectivity index (χ1v) is 11.8. The number of carbonyl (C=O) groups is 2. The number of hydrogen-bond donors (Lipinski definition) is 6. The lowest BCUT2D eigenvalue weighted by atomic mass is 9.81. The second-order valence-electron chi connectivity index (χ2n) is 8.82. The van der Waals surface area contributed by atoms with Crippen LogP contribution in [0.4, 0.5) is 0 Å². The summed E-state index contributed by atoms with van der Waals surface area (Å²) < 4.78 is 26.7. The van der Waals surface area contributed by atoms with Gasteiger partial charge in [0.2, 0.25) is 6.29 Å². The van der Waals surface area contributed by atoms with Crippen molar-refractivity contribution in [3.63, 3.8) is 0 Å². The largest absolute Gasteiger partial charge is 0.504 e. The van der Waals surface area contributed by atoms with Crippen molar-refractivity contribution in [2.45, 2.75) is 49.8 Å². The SMILES string of the molecule is C=CC1[C@H](O[C@@H]2O[C@H](CO)[C@@H](O)[C@H](O)[C@H]2O)OC=C(C(=O)OC)[C@H]1CC(=O)OCCc1ccc(O)c(O)c1. The van der Waals surface area contributed by atoms with Gasteiger partial charge in [0.05, 0.1) is 38.6 Å². The lowest BCUT2D eigenvalue weighted by Gasteiger charge is -2.42. The minimum absolute atomic E-state index is 0.00598. The molecule has 0 amide bonds. The summed E-state index contributed by atoms with van der Waals surface area (Å²) in [6, 6.07) is 4.22. The molecule has 2 aliphatic rings. The van der Waals surface area contributed by atoms with Crippen molar-refractivity contribution in [3.8, 4) is 11.5 Å². The molecule has 210 valence electrons. The summed E-state index contributed by atoms with van der Waals surface area (Å²) in [4.78, 5) is 25.1. The van der Waals surface area contributed by atoms with Crippen molar-refractivity contribution < 1.29 is 63.9 Å². The van der Waals surface area contributed by atoms with E-state index in [2.05, 4.69) is 6.58 Å². The molecule has 13 nitrogen and oxygen atoms in total. The molecule has 1 unspecified atom stereocenters. The predicted molar refractivity (Wildman–Crippen MR) is 126 cm³/mol. The van der Waals surface area contributed by atoms with Crippen LogP contribution in [-0.2, 0) is 39.7 Å². The lowest BCUT2D eigenvalue weighted by molar-refractivity contribution is -0.339. The number of aromatic hydroxyl groups is 2. The third-order valence-corrected chi connectivity index (χ3v) is 6.40. The van der Waals surface area contributed by atoms with E-state index < -0.39 is 67.4 Å². The molecule has 0 saturated carbocycles. The standard InChI is InChI=1S/C25H32O13/c1-3-13-14(9-19(29)35-7-6-12-4-5-16(27)17(28)8-12)15(23(33)34-2)11-36-24(13)38-25-22(32)21(31)20(30)18(10-26)37-25/h3-5,8,11,13-14,18,20-22,24-28,30-32H,1,6-7,9-10H2,2H3/t13?,14-,18+,20+,21-,22+,24-,25-/m0/s1. The molecular formula is C25H32O13. The van der Waals surface area contributed by atoms with Crippen LogP contribution in [0.3, 0.4) is 0 Å². The molecule has 2 heterocycles. The maximum atomic E-state index is 12.7. The molecule has 13 heteroatoms. The molecule has 1 aromatic rings. The molecule has 0 radical (unpaired) electrons. The number of rotatable bonds is 10. The number of hydrogen-bond acceptors (Lipinski definition) is 13. The molecule has 0 aliphatic carbocycles. The molecular weight excluding hydrogens is 508 g/mol. The molecule has 0 bridgehead atoms. The summed E-state index contributed by atoms with van der Waals surface area (Å²) in [5.74, 6) is -3.75. The van der Waals surface area contributed by atoms with Crippen LogP contribution in [0.1, 0.15) is 12.0 Å². The van der Waals surface area contributed by atoms with Gasteiger partial charge in [0.15, 0.2) is 17.8 Å². The van der Waals surface area contributed by atoms with E-state index >= 15 is 0 Å². The highest BCUT2D eigenvalue weighted by Gasteiger charge is 2.47. The Morgan fingerprint density at radius 1 is 1.08 bits per heavy atom. The molecule has 3 rings (SSSR count). The fourth-order valence-corrected chi connectivity index (χ4v) is 4.23. The van der Waals surface area contributed by atoms with Gasteiger partial charge in [-0.3, -0.25) is 4.79 Å². The zero-order valence-corrected chi connectivity index (χ0v) is 20.6. The molecule has 1 aromatic carbocycles. The monoisotopic (exact) mass is 540 g/mol. The number of carbonyl (C=O) groups excluding carboxylic acids is 2. The second kappa shape index (κ2) is 13.0. The molecule has 2 aliphatic heterocycles. The van der Waals surface area contributed by atoms with Gasteiger partial charge in [-0.05, 0) is 17.7 Å². The lowest BCUT2D eigenvalue weighted by Crippen LogP contribution is -2.60. The fourth-order valence-electron chi connectivity index (χ4n) is 4.23. The zero-order valence-electron chi connectivity index (χ0n) is 20.6. The Morgan fingerprint density at radius 2 is 1.82 bits per heavy atom. The summed E-state index contributed by atoms with van der Waals surface area (Å²) in [6.07, 6.45) is -6.59. The van der Waals surface area contributed by atoms with Crippen LogP contribution in [-0.4, -0.2) is 99.9 Å². The highest BCUT2D eigenvalue weighted by Crippen LogP contribution is 2.37. The third kappa shape index (κ3) is 6.62. The second-order valence-corrected chi connectivity index (χ2v) is 8.82. The normalized spacial score (nSPS) is 31.0. The van der Waals surface area contributed by atoms with Gasteiger partial charge in [-0.2, -0.15) is 0 Å². The summed E-state index contributed by atoms with van der Waals surface area (Å²) in [5, 5.41) is 58.7. The van der Waals surface area contributed by atoms with E-state index in [4.69, 9.17) is 23.7 Å². The van der Waals surface area contributed by atoms with Crippen LogP contribution in [0.2, 0.25) is 0 Å². The van der Waals surface area contributed by atoms with E-state index in [1.54, 1.807) is 6.07 Å². The van der Waals surface area contributed by atoms with Crippen molar-refractivity contribution in [1.82, 2.24) is 0 Å². The van der Waals surface area contributed by atoms with Crippen molar-refractivity contribution in [2.24, 2.45) is 11.8 Å². The highest BCUT2D eigenvalue weighted by molar-refractivity contribution is 5.90. The van der Waals surface area contributed by atoms with E-state index in [-0.39, 0.29) is 36.5 Å². The number of ether oxygens (including phenoxy) is 5. The molecule has 1 fully saturated rings. The van der Waals surface area contributed by atoms with Gasteiger partial charge >= 0.3 is 11.9 Å². The number of methoxy groups -OCH3 is 1. The van der Waals surface area contributed by atoms with Crippen molar-refractivity contribution in [1.29, 1.82) is 0 Å². The van der Waals surface area contributed by atoms with E-state index in [0.717, 1.165) is 13.4 Å². The van der Waals surface area contributed by atoms with E-state index in [1.165, 1.54) is 18.2 Å². The first-order valence-electron chi connectivity index (χ1n) is 11.8. The minimum atomic E-state index is -1.70. The first-order chi connectivity index (χ1) is 18.1. The van der Waals surface area contributed by atoms with Crippen LogP contribution in [0, 0.1) is 11.8 Å². The first kappa shape index (κ1) is 29.4. The quantitative estimate of drug-likeness (QED) is 0.123. The number of aliphatic hydroxyl groups is 4. The molecule has 38 heavy (non-hydrogen) atoms. The molecule has 0 aromatic heterocycles. The van der Waals surface area contributed by atoms with E-state index in [1.807, 2.05) is 0 Å². The van der Waals surface area contributed by atoms with E-state index in [9.17, 15) is 40.2 Å². The average molecular weight is 541 g/mol. The molecule has 6 N–H and O–H groups in total. The number of phenolic OH excluding ortho intramolecular Hbond substituents is 2. The van der Waals surface area contributed by atoms with Crippen molar-refractivity contribution >= 4 is 11.9 Å². The van der Waals surface area contributed by atoms with Crippen LogP contribution >= 0.6 is 0 Å². The van der Waals surface area contributed by atoms with Crippen LogP contribution in [0.25, 0.3) is 0 Å². The predicted octanol–water partition coefficient (Wildman–Crippen LogP) is -0.778. The van der Waals surface area contributed by atoms with Gasteiger partial charge < -0.3 is 54.3 Å². The number of benzene rings is 1. The highest BCUT2D eigenvalue weighted by atomic mass is 16.8. The van der Waals surface area contributed by atoms with Gasteiger partial charge in [-0.1, -0.05) is 12.1 Å². The van der Waals surface area contributed by atoms with Gasteiger partial charge in [-0.15, -0.1) is 6.58 Å². The average Bonchev–Trinajstić information content (AvgIpc) is 2.90. The molecule has 1 saturated heterocycles. The van der Waals surface area contributed by atoms with E-state index in [0.29, 0.717) is 5.56 Å². The van der Waals surface area contributed by atoms with Gasteiger partial charge in [0.25, 0.3) is 0 Å². The van der Waals surface area contributed by atoms with Gasteiger partial charge in [0, 0.05) is 18.3 Å². The number of aliphatic hydroxyl groups excluding tert-OH is 4. The topological polar surface area (TPSA) is 202 Å². The van der Waals surface area contributed by atoms with Gasteiger partial charge in [0.1, 0.15) is 24.4 Å². The Bertz CT molecular complexity index is 1020. The number of phenols is 2. The Hall–Kier alpha value is -3.20. The summed E-state index contributed by atoms with van der Waals surface area (Å²) in [5.41, 5.74) is 0.623. The maximum Gasteiger partial charge on any atom is 0.337 e. The third-order valence-electron chi connectivity index (χ3n) is 6.40.